The van der Waals surface area contributed by atoms with Crippen molar-refractivity contribution in [2.24, 2.45) is 5.92 Å². The first kappa shape index (κ1) is 22.4. The molecule has 0 aliphatic heterocycles. The van der Waals surface area contributed by atoms with E-state index in [1.807, 2.05) is 19.0 Å². The van der Waals surface area contributed by atoms with Gasteiger partial charge in [0.05, 0.1) is 12.2 Å². The van der Waals surface area contributed by atoms with Crippen LogP contribution in [0, 0.1) is 5.92 Å². The van der Waals surface area contributed by atoms with Crippen molar-refractivity contribution >= 4 is 17.6 Å². The number of rotatable bonds is 10. The van der Waals surface area contributed by atoms with E-state index in [4.69, 9.17) is 9.47 Å². The quantitative estimate of drug-likeness (QED) is 0.611. The second-order valence-corrected chi connectivity index (χ2v) is 7.53. The number of likely N-dealkylation sites (N-methyl/N-ethyl adjacent to an activating group) is 1. The molecule has 0 aliphatic rings. The Kier molecular flexibility index (Phi) is 8.68. The summed E-state index contributed by atoms with van der Waals surface area (Å²) in [6, 6.07) is 13.7. The van der Waals surface area contributed by atoms with Crippen LogP contribution in [0.3, 0.4) is 0 Å². The summed E-state index contributed by atoms with van der Waals surface area (Å²) in [6.07, 6.45) is 0.988. The van der Waals surface area contributed by atoms with Gasteiger partial charge in [0.25, 0.3) is 5.91 Å². The van der Waals surface area contributed by atoms with Gasteiger partial charge in [-0.3, -0.25) is 4.79 Å². The highest BCUT2D eigenvalue weighted by atomic mass is 16.5. The fourth-order valence-corrected chi connectivity index (χ4v) is 2.41. The van der Waals surface area contributed by atoms with Crippen molar-refractivity contribution in [3.63, 3.8) is 0 Å². The zero-order valence-electron chi connectivity index (χ0n) is 17.6. The van der Waals surface area contributed by atoms with Crippen molar-refractivity contribution in [1.82, 2.24) is 4.90 Å². The van der Waals surface area contributed by atoms with E-state index in [1.54, 1.807) is 48.5 Å². The molecule has 2 rings (SSSR count). The van der Waals surface area contributed by atoms with Gasteiger partial charge in [-0.15, -0.1) is 0 Å². The van der Waals surface area contributed by atoms with E-state index in [0.29, 0.717) is 42.5 Å². The number of carbonyl (C=O) groups excluding carboxylic acids is 2. The third-order valence-electron chi connectivity index (χ3n) is 4.23. The minimum absolute atomic E-state index is 0.222. The molecule has 0 saturated carbocycles. The lowest BCUT2D eigenvalue weighted by Gasteiger charge is -2.11. The number of anilines is 1. The number of esters is 1. The number of hydrogen-bond donors (Lipinski definition) is 1. The molecular formula is C23H30N2O4. The summed E-state index contributed by atoms with van der Waals surface area (Å²) in [4.78, 5) is 26.3. The van der Waals surface area contributed by atoms with Crippen LogP contribution < -0.4 is 10.1 Å². The van der Waals surface area contributed by atoms with Crippen LogP contribution in [0.25, 0.3) is 0 Å². The zero-order valence-corrected chi connectivity index (χ0v) is 17.6. The van der Waals surface area contributed by atoms with Gasteiger partial charge in [-0.1, -0.05) is 13.8 Å². The molecule has 29 heavy (non-hydrogen) atoms. The first-order valence-corrected chi connectivity index (χ1v) is 9.81. The maximum Gasteiger partial charge on any atom is 0.338 e. The monoisotopic (exact) mass is 398 g/mol. The maximum absolute atomic E-state index is 12.4. The van der Waals surface area contributed by atoms with E-state index < -0.39 is 0 Å². The summed E-state index contributed by atoms with van der Waals surface area (Å²) in [6.45, 7) is 5.96. The van der Waals surface area contributed by atoms with Gasteiger partial charge >= 0.3 is 5.97 Å². The van der Waals surface area contributed by atoms with Crippen molar-refractivity contribution in [1.29, 1.82) is 0 Å². The SMILES string of the molecule is CC(C)CCOc1ccc(C(=O)Nc2ccc(C(=O)OCCN(C)C)cc2)cc1. The van der Waals surface area contributed by atoms with Crippen LogP contribution in [0.4, 0.5) is 5.69 Å². The molecule has 6 heteroatoms. The predicted molar refractivity (Wildman–Crippen MR) is 115 cm³/mol. The number of carbonyl (C=O) groups is 2. The molecule has 2 aromatic rings. The average molecular weight is 399 g/mol. The maximum atomic E-state index is 12.4. The van der Waals surface area contributed by atoms with E-state index in [1.165, 1.54) is 0 Å². The van der Waals surface area contributed by atoms with E-state index in [2.05, 4.69) is 19.2 Å². The molecule has 0 atom stereocenters. The van der Waals surface area contributed by atoms with Crippen molar-refractivity contribution < 1.29 is 19.1 Å². The van der Waals surface area contributed by atoms with E-state index in [0.717, 1.165) is 12.2 Å². The fourth-order valence-electron chi connectivity index (χ4n) is 2.41. The van der Waals surface area contributed by atoms with Crippen LogP contribution in [0.5, 0.6) is 5.75 Å². The van der Waals surface area contributed by atoms with Gasteiger partial charge in [-0.25, -0.2) is 4.79 Å². The van der Waals surface area contributed by atoms with Crippen molar-refractivity contribution in [2.75, 3.05) is 39.2 Å². The first-order chi connectivity index (χ1) is 13.8. The Morgan fingerprint density at radius 2 is 1.55 bits per heavy atom. The van der Waals surface area contributed by atoms with E-state index >= 15 is 0 Å². The van der Waals surface area contributed by atoms with Gasteiger partial charge in [0.2, 0.25) is 0 Å². The summed E-state index contributed by atoms with van der Waals surface area (Å²) in [5, 5.41) is 2.82. The molecule has 0 bridgehead atoms. The summed E-state index contributed by atoms with van der Waals surface area (Å²) in [5.74, 6) is 0.739. The lowest BCUT2D eigenvalue weighted by Crippen LogP contribution is -2.20. The molecular weight excluding hydrogens is 368 g/mol. The number of hydrogen-bond acceptors (Lipinski definition) is 5. The molecule has 0 spiro atoms. The third kappa shape index (κ3) is 7.95. The molecule has 2 aromatic carbocycles. The van der Waals surface area contributed by atoms with Gasteiger partial charge in [-0.05, 0) is 75.0 Å². The highest BCUT2D eigenvalue weighted by molar-refractivity contribution is 6.04. The lowest BCUT2D eigenvalue weighted by molar-refractivity contribution is 0.0482. The summed E-state index contributed by atoms with van der Waals surface area (Å²) in [5.41, 5.74) is 1.59. The fraction of sp³-hybridized carbons (Fsp3) is 0.391. The Morgan fingerprint density at radius 1 is 0.931 bits per heavy atom. The van der Waals surface area contributed by atoms with Crippen molar-refractivity contribution in [2.45, 2.75) is 20.3 Å². The highest BCUT2D eigenvalue weighted by Crippen LogP contribution is 2.16. The molecule has 6 nitrogen and oxygen atoms in total. The molecule has 1 amide bonds. The molecule has 0 aliphatic carbocycles. The van der Waals surface area contributed by atoms with Crippen LogP contribution in [-0.4, -0.2) is 50.6 Å². The molecule has 0 unspecified atom stereocenters. The van der Waals surface area contributed by atoms with Crippen LogP contribution in [0.2, 0.25) is 0 Å². The van der Waals surface area contributed by atoms with Crippen molar-refractivity contribution in [3.8, 4) is 5.75 Å². The molecule has 156 valence electrons. The van der Waals surface area contributed by atoms with Gasteiger partial charge in [0.1, 0.15) is 12.4 Å². The average Bonchev–Trinajstić information content (AvgIpc) is 2.68. The molecule has 0 saturated heterocycles. The largest absolute Gasteiger partial charge is 0.494 e. The summed E-state index contributed by atoms with van der Waals surface area (Å²) >= 11 is 0. The number of ether oxygens (including phenoxy) is 2. The second-order valence-electron chi connectivity index (χ2n) is 7.53. The summed E-state index contributed by atoms with van der Waals surface area (Å²) in [7, 11) is 3.83. The van der Waals surface area contributed by atoms with Crippen LogP contribution >= 0.6 is 0 Å². The number of amides is 1. The van der Waals surface area contributed by atoms with Gasteiger partial charge in [0, 0.05) is 17.8 Å². The van der Waals surface area contributed by atoms with Crippen molar-refractivity contribution in [3.05, 3.63) is 59.7 Å². The molecule has 0 heterocycles. The minimum atomic E-state index is -0.377. The molecule has 0 aromatic heterocycles. The lowest BCUT2D eigenvalue weighted by atomic mass is 10.1. The third-order valence-corrected chi connectivity index (χ3v) is 4.23. The van der Waals surface area contributed by atoms with Gasteiger partial charge < -0.3 is 19.7 Å². The molecule has 0 radical (unpaired) electrons. The second kappa shape index (κ2) is 11.2. The van der Waals surface area contributed by atoms with Gasteiger partial charge in [-0.2, -0.15) is 0 Å². The van der Waals surface area contributed by atoms with E-state index in [-0.39, 0.29) is 11.9 Å². The Labute approximate surface area is 172 Å². The minimum Gasteiger partial charge on any atom is -0.494 e. The Hall–Kier alpha value is -2.86. The standard InChI is InChI=1S/C23H30N2O4/c1-17(2)13-15-28-21-11-7-18(8-12-21)22(26)24-20-9-5-19(6-10-20)23(27)29-16-14-25(3)4/h5-12,17H,13-16H2,1-4H3,(H,24,26). The zero-order chi connectivity index (χ0) is 21.2. The smallest absolute Gasteiger partial charge is 0.338 e. The normalized spacial score (nSPS) is 10.8. The molecule has 1 N–H and O–H groups in total. The topological polar surface area (TPSA) is 67.9 Å². The summed E-state index contributed by atoms with van der Waals surface area (Å²) < 4.78 is 10.9. The van der Waals surface area contributed by atoms with Crippen LogP contribution in [0.15, 0.2) is 48.5 Å². The van der Waals surface area contributed by atoms with Crippen LogP contribution in [-0.2, 0) is 4.74 Å². The Balaban J connectivity index is 1.86. The van der Waals surface area contributed by atoms with Crippen LogP contribution in [0.1, 0.15) is 41.0 Å². The van der Waals surface area contributed by atoms with Gasteiger partial charge in [0.15, 0.2) is 0 Å². The van der Waals surface area contributed by atoms with E-state index in [9.17, 15) is 9.59 Å². The Bertz CT molecular complexity index is 784. The Morgan fingerprint density at radius 3 is 2.14 bits per heavy atom. The molecule has 0 fully saturated rings. The predicted octanol–water partition coefficient (Wildman–Crippen LogP) is 4.08. The first-order valence-electron chi connectivity index (χ1n) is 9.81. The number of benzene rings is 2. The highest BCUT2D eigenvalue weighted by Gasteiger charge is 2.10. The number of nitrogens with one attached hydrogen (secondary N) is 1. The number of nitrogens with zero attached hydrogens (tertiary/aromatic N) is 1.